The molecule has 7 nitrogen and oxygen atoms in total. The van der Waals surface area contributed by atoms with Gasteiger partial charge in [-0.05, 0) is 34.3 Å². The number of carbonyl (C=O) groups excluding carboxylic acids is 1. The molecule has 2 heterocycles. The van der Waals surface area contributed by atoms with Crippen LogP contribution in [0.25, 0.3) is 0 Å². The summed E-state index contributed by atoms with van der Waals surface area (Å²) >= 11 is 3.04. The van der Waals surface area contributed by atoms with Crippen LogP contribution in [0.2, 0.25) is 0 Å². The second-order valence-electron chi connectivity index (χ2n) is 5.44. The average Bonchev–Trinajstić information content (AvgIpc) is 2.79. The molecule has 1 aliphatic rings. The second kappa shape index (κ2) is 5.53. The first-order valence-electron chi connectivity index (χ1n) is 6.32. The lowest BCUT2D eigenvalue weighted by Gasteiger charge is -2.22. The molecule has 0 saturated carbocycles. The summed E-state index contributed by atoms with van der Waals surface area (Å²) in [5, 5.41) is 0. The third-order valence-electron chi connectivity index (χ3n) is 3.68. The van der Waals surface area contributed by atoms with Crippen molar-refractivity contribution in [2.75, 3.05) is 19.6 Å². The van der Waals surface area contributed by atoms with Gasteiger partial charge < -0.3 is 10.6 Å². The zero-order valence-electron chi connectivity index (χ0n) is 11.2. The number of H-pyrrole nitrogens is 1. The Morgan fingerprint density at radius 2 is 2.25 bits per heavy atom. The molecular formula is C12H17BrN4O3. The molecule has 1 amide bonds. The van der Waals surface area contributed by atoms with Crippen molar-refractivity contribution >= 4 is 21.8 Å². The monoisotopic (exact) mass is 344 g/mol. The Labute approximate surface area is 123 Å². The molecule has 1 aromatic rings. The fraction of sp³-hybridized carbons (Fsp3) is 0.583. The normalized spacial score (nSPS) is 22.2. The molecule has 1 unspecified atom stereocenters. The third kappa shape index (κ3) is 3.01. The summed E-state index contributed by atoms with van der Waals surface area (Å²) < 4.78 is 1.41. The first-order chi connectivity index (χ1) is 9.34. The molecule has 2 rings (SSSR count). The Balaban J connectivity index is 2.12. The van der Waals surface area contributed by atoms with Gasteiger partial charge >= 0.3 is 5.69 Å². The number of carbonyl (C=O) groups is 1. The van der Waals surface area contributed by atoms with E-state index in [0.717, 1.165) is 6.42 Å². The molecule has 110 valence electrons. The van der Waals surface area contributed by atoms with E-state index in [2.05, 4.69) is 20.9 Å². The van der Waals surface area contributed by atoms with Gasteiger partial charge in [0.1, 0.15) is 6.54 Å². The Bertz CT molecular complexity index is 638. The van der Waals surface area contributed by atoms with Gasteiger partial charge in [0.2, 0.25) is 5.91 Å². The fourth-order valence-corrected chi connectivity index (χ4v) is 2.60. The zero-order chi connectivity index (χ0) is 14.9. The van der Waals surface area contributed by atoms with Crippen LogP contribution in [0.3, 0.4) is 0 Å². The highest BCUT2D eigenvalue weighted by molar-refractivity contribution is 9.10. The van der Waals surface area contributed by atoms with Gasteiger partial charge in [0, 0.05) is 19.3 Å². The van der Waals surface area contributed by atoms with Crippen LogP contribution in [0.4, 0.5) is 0 Å². The van der Waals surface area contributed by atoms with E-state index in [4.69, 9.17) is 5.73 Å². The van der Waals surface area contributed by atoms with E-state index in [-0.39, 0.29) is 22.3 Å². The van der Waals surface area contributed by atoms with E-state index in [1.54, 1.807) is 4.90 Å². The van der Waals surface area contributed by atoms with Gasteiger partial charge in [0.05, 0.1) is 4.47 Å². The molecule has 3 N–H and O–H groups in total. The number of rotatable bonds is 3. The van der Waals surface area contributed by atoms with Crippen molar-refractivity contribution in [1.82, 2.24) is 14.5 Å². The Kier molecular flexibility index (Phi) is 4.14. The maximum absolute atomic E-state index is 12.2. The summed E-state index contributed by atoms with van der Waals surface area (Å²) in [7, 11) is 0. The minimum atomic E-state index is -0.590. The number of likely N-dealkylation sites (tertiary alicyclic amines) is 1. The van der Waals surface area contributed by atoms with E-state index in [1.165, 1.54) is 10.8 Å². The molecular weight excluding hydrogens is 328 g/mol. The summed E-state index contributed by atoms with van der Waals surface area (Å²) in [5.41, 5.74) is 4.56. The Morgan fingerprint density at radius 3 is 2.85 bits per heavy atom. The molecule has 0 spiro atoms. The van der Waals surface area contributed by atoms with Gasteiger partial charge in [0.25, 0.3) is 5.56 Å². The smallest absolute Gasteiger partial charge is 0.328 e. The van der Waals surface area contributed by atoms with Gasteiger partial charge in [-0.2, -0.15) is 0 Å². The number of hydrogen-bond acceptors (Lipinski definition) is 4. The maximum Gasteiger partial charge on any atom is 0.328 e. The minimum absolute atomic E-state index is 0.0494. The van der Waals surface area contributed by atoms with Crippen LogP contribution in [-0.4, -0.2) is 40.0 Å². The summed E-state index contributed by atoms with van der Waals surface area (Å²) in [6.45, 7) is 3.73. The number of nitrogens with zero attached hydrogens (tertiary/aromatic N) is 2. The molecule has 1 aliphatic heterocycles. The Hall–Kier alpha value is -1.41. The maximum atomic E-state index is 12.2. The largest absolute Gasteiger partial charge is 0.341 e. The lowest BCUT2D eigenvalue weighted by molar-refractivity contribution is -0.131. The fourth-order valence-electron chi connectivity index (χ4n) is 2.25. The lowest BCUT2D eigenvalue weighted by Crippen LogP contribution is -2.39. The average molecular weight is 345 g/mol. The molecule has 1 aromatic heterocycles. The highest BCUT2D eigenvalue weighted by Crippen LogP contribution is 2.28. The molecule has 20 heavy (non-hydrogen) atoms. The van der Waals surface area contributed by atoms with E-state index in [1.807, 2.05) is 6.92 Å². The van der Waals surface area contributed by atoms with Crippen LogP contribution in [-0.2, 0) is 11.3 Å². The molecule has 1 saturated heterocycles. The van der Waals surface area contributed by atoms with Crippen LogP contribution in [0.1, 0.15) is 13.3 Å². The van der Waals surface area contributed by atoms with Gasteiger partial charge in [-0.25, -0.2) is 4.79 Å². The van der Waals surface area contributed by atoms with Crippen LogP contribution in [0.15, 0.2) is 20.3 Å². The second-order valence-corrected chi connectivity index (χ2v) is 6.30. The molecule has 8 heteroatoms. The number of hydrogen-bond donors (Lipinski definition) is 2. The van der Waals surface area contributed by atoms with Gasteiger partial charge in [0.15, 0.2) is 0 Å². The van der Waals surface area contributed by atoms with Crippen LogP contribution < -0.4 is 17.0 Å². The first-order valence-corrected chi connectivity index (χ1v) is 7.11. The Morgan fingerprint density at radius 1 is 1.55 bits per heavy atom. The third-order valence-corrected chi connectivity index (χ3v) is 4.24. The summed E-state index contributed by atoms with van der Waals surface area (Å²) in [4.78, 5) is 38.9. The predicted octanol–water partition coefficient (Wildman–Crippen LogP) is -0.504. The van der Waals surface area contributed by atoms with E-state index < -0.39 is 11.2 Å². The van der Waals surface area contributed by atoms with Crippen molar-refractivity contribution < 1.29 is 4.79 Å². The molecule has 0 aromatic carbocycles. The summed E-state index contributed by atoms with van der Waals surface area (Å²) in [6, 6.07) is 0. The standard InChI is InChI=1S/C12H17BrN4O3/c1-12(6-14)2-3-16(7-12)9(18)5-17-4-8(13)10(19)15-11(17)20/h4H,2-3,5-7,14H2,1H3,(H,15,19,20). The van der Waals surface area contributed by atoms with Crippen molar-refractivity contribution in [2.45, 2.75) is 19.9 Å². The van der Waals surface area contributed by atoms with Crippen LogP contribution >= 0.6 is 15.9 Å². The van der Waals surface area contributed by atoms with Crippen LogP contribution in [0.5, 0.6) is 0 Å². The molecule has 1 fully saturated rings. The predicted molar refractivity (Wildman–Crippen MR) is 77.4 cm³/mol. The van der Waals surface area contributed by atoms with Crippen molar-refractivity contribution in [3.63, 3.8) is 0 Å². The van der Waals surface area contributed by atoms with Gasteiger partial charge in [-0.15, -0.1) is 0 Å². The van der Waals surface area contributed by atoms with Gasteiger partial charge in [-0.1, -0.05) is 6.92 Å². The van der Waals surface area contributed by atoms with E-state index in [0.29, 0.717) is 19.6 Å². The number of halogens is 1. The van der Waals surface area contributed by atoms with E-state index >= 15 is 0 Å². The number of amides is 1. The number of nitrogens with one attached hydrogen (secondary N) is 1. The van der Waals surface area contributed by atoms with Gasteiger partial charge in [-0.3, -0.25) is 19.1 Å². The number of nitrogens with two attached hydrogens (primary N) is 1. The highest BCUT2D eigenvalue weighted by Gasteiger charge is 2.34. The molecule has 1 atom stereocenters. The topological polar surface area (TPSA) is 101 Å². The van der Waals surface area contributed by atoms with Crippen molar-refractivity contribution in [2.24, 2.45) is 11.1 Å². The van der Waals surface area contributed by atoms with E-state index in [9.17, 15) is 14.4 Å². The summed E-state index contributed by atoms with van der Waals surface area (Å²) in [5.74, 6) is -0.150. The minimum Gasteiger partial charge on any atom is -0.341 e. The molecule has 0 aliphatic carbocycles. The van der Waals surface area contributed by atoms with Crippen molar-refractivity contribution in [1.29, 1.82) is 0 Å². The lowest BCUT2D eigenvalue weighted by atomic mass is 9.90. The molecule has 0 radical (unpaired) electrons. The SMILES string of the molecule is CC1(CN)CCN(C(=O)Cn2cc(Br)c(=O)[nH]c2=O)C1. The number of aromatic amines is 1. The quantitative estimate of drug-likeness (QED) is 0.771. The van der Waals surface area contributed by atoms with Crippen LogP contribution in [0, 0.1) is 5.41 Å². The van der Waals surface area contributed by atoms with Crippen molar-refractivity contribution in [3.8, 4) is 0 Å². The number of aromatic nitrogens is 2. The summed E-state index contributed by atoms with van der Waals surface area (Å²) in [6.07, 6.45) is 2.19. The van der Waals surface area contributed by atoms with Crippen molar-refractivity contribution in [3.05, 3.63) is 31.5 Å². The molecule has 0 bridgehead atoms. The zero-order valence-corrected chi connectivity index (χ0v) is 12.8. The highest BCUT2D eigenvalue weighted by atomic mass is 79.9. The first kappa shape index (κ1) is 15.0.